The van der Waals surface area contributed by atoms with Crippen LogP contribution >= 0.6 is 0 Å². The van der Waals surface area contributed by atoms with Gasteiger partial charge in [0, 0.05) is 17.5 Å². The zero-order chi connectivity index (χ0) is 16.8. The molecule has 6 heteroatoms. The molecule has 3 N–H and O–H groups in total. The summed E-state index contributed by atoms with van der Waals surface area (Å²) in [6.07, 6.45) is -3.38. The van der Waals surface area contributed by atoms with Crippen molar-refractivity contribution in [1.29, 1.82) is 5.41 Å². The van der Waals surface area contributed by atoms with Crippen molar-refractivity contribution in [3.8, 4) is 11.5 Å². The lowest BCUT2D eigenvalue weighted by Gasteiger charge is -2.13. The van der Waals surface area contributed by atoms with E-state index in [9.17, 15) is 8.78 Å². The Hall–Kier alpha value is -2.63. The quantitative estimate of drug-likeness (QED) is 0.672. The SMILES string of the molecule is Cc1cc(C)cc(Cc2c(C(=N)N)ccc3c2OC(F)(F)O3)c1. The van der Waals surface area contributed by atoms with E-state index in [0.29, 0.717) is 17.5 Å². The van der Waals surface area contributed by atoms with E-state index in [1.807, 2.05) is 32.0 Å². The summed E-state index contributed by atoms with van der Waals surface area (Å²) < 4.78 is 35.9. The minimum absolute atomic E-state index is 0.0422. The van der Waals surface area contributed by atoms with Crippen LogP contribution in [0.2, 0.25) is 0 Å². The number of aryl methyl sites for hydroxylation is 2. The van der Waals surface area contributed by atoms with Gasteiger partial charge in [-0.05, 0) is 31.5 Å². The van der Waals surface area contributed by atoms with E-state index < -0.39 is 6.29 Å². The molecule has 3 rings (SSSR count). The van der Waals surface area contributed by atoms with E-state index >= 15 is 0 Å². The summed E-state index contributed by atoms with van der Waals surface area (Å²) in [6, 6.07) is 8.80. The van der Waals surface area contributed by atoms with E-state index in [1.54, 1.807) is 0 Å². The number of nitrogen functional groups attached to an aromatic ring is 1. The summed E-state index contributed by atoms with van der Waals surface area (Å²) >= 11 is 0. The summed E-state index contributed by atoms with van der Waals surface area (Å²) in [7, 11) is 0. The van der Waals surface area contributed by atoms with Gasteiger partial charge in [-0.2, -0.15) is 0 Å². The number of amidine groups is 1. The molecular weight excluding hydrogens is 302 g/mol. The fraction of sp³-hybridized carbons (Fsp3) is 0.235. The molecule has 120 valence electrons. The van der Waals surface area contributed by atoms with Gasteiger partial charge < -0.3 is 15.2 Å². The minimum atomic E-state index is -3.70. The van der Waals surface area contributed by atoms with Crippen LogP contribution in [-0.2, 0) is 6.42 Å². The first kappa shape index (κ1) is 15.3. The average molecular weight is 318 g/mol. The molecule has 0 aromatic heterocycles. The van der Waals surface area contributed by atoms with Gasteiger partial charge in [0.05, 0.1) is 0 Å². The van der Waals surface area contributed by atoms with Crippen molar-refractivity contribution in [2.24, 2.45) is 5.73 Å². The minimum Gasteiger partial charge on any atom is -0.395 e. The summed E-state index contributed by atoms with van der Waals surface area (Å²) in [5.74, 6) is -0.299. The molecule has 1 aliphatic heterocycles. The number of alkyl halides is 2. The van der Waals surface area contributed by atoms with Crippen molar-refractivity contribution in [3.63, 3.8) is 0 Å². The molecule has 0 amide bonds. The van der Waals surface area contributed by atoms with Crippen molar-refractivity contribution in [2.75, 3.05) is 0 Å². The van der Waals surface area contributed by atoms with Crippen LogP contribution < -0.4 is 15.2 Å². The summed E-state index contributed by atoms with van der Waals surface area (Å²) in [6.45, 7) is 3.93. The Morgan fingerprint density at radius 2 is 1.78 bits per heavy atom. The molecule has 0 unspecified atom stereocenters. The monoisotopic (exact) mass is 318 g/mol. The van der Waals surface area contributed by atoms with Crippen LogP contribution in [0.25, 0.3) is 0 Å². The highest BCUT2D eigenvalue weighted by molar-refractivity contribution is 5.97. The summed E-state index contributed by atoms with van der Waals surface area (Å²) in [5, 5.41) is 7.68. The number of benzene rings is 2. The van der Waals surface area contributed by atoms with Crippen molar-refractivity contribution >= 4 is 5.84 Å². The maximum absolute atomic E-state index is 13.4. The van der Waals surface area contributed by atoms with Crippen LogP contribution in [0.3, 0.4) is 0 Å². The molecule has 23 heavy (non-hydrogen) atoms. The van der Waals surface area contributed by atoms with Crippen LogP contribution in [0, 0.1) is 19.3 Å². The van der Waals surface area contributed by atoms with E-state index in [4.69, 9.17) is 11.1 Å². The van der Waals surface area contributed by atoms with Gasteiger partial charge in [0.2, 0.25) is 0 Å². The Balaban J connectivity index is 2.10. The number of hydrogen-bond acceptors (Lipinski definition) is 3. The Bertz CT molecular complexity index is 783. The third-order valence-corrected chi connectivity index (χ3v) is 3.63. The zero-order valence-electron chi connectivity index (χ0n) is 12.7. The summed E-state index contributed by atoms with van der Waals surface area (Å²) in [4.78, 5) is 0. The predicted octanol–water partition coefficient (Wildman–Crippen LogP) is 3.50. The third kappa shape index (κ3) is 2.97. The number of nitrogens with two attached hydrogens (primary N) is 1. The maximum atomic E-state index is 13.4. The maximum Gasteiger partial charge on any atom is 0.586 e. The molecule has 1 heterocycles. The number of halogens is 2. The topological polar surface area (TPSA) is 68.3 Å². The molecule has 0 aliphatic carbocycles. The van der Waals surface area contributed by atoms with Crippen molar-refractivity contribution in [1.82, 2.24) is 0 Å². The molecule has 4 nitrogen and oxygen atoms in total. The fourth-order valence-electron chi connectivity index (χ4n) is 2.87. The van der Waals surface area contributed by atoms with Gasteiger partial charge in [-0.25, -0.2) is 0 Å². The van der Waals surface area contributed by atoms with Gasteiger partial charge >= 0.3 is 6.29 Å². The molecule has 0 fully saturated rings. The standard InChI is InChI=1S/C17H16F2N2O2/c1-9-5-10(2)7-11(6-9)8-13-12(16(20)21)3-4-14-15(13)23-17(18,19)22-14/h3-7H,8H2,1-2H3,(H3,20,21). The van der Waals surface area contributed by atoms with E-state index in [1.165, 1.54) is 12.1 Å². The lowest BCUT2D eigenvalue weighted by atomic mass is 9.95. The largest absolute Gasteiger partial charge is 0.586 e. The Kier molecular flexibility index (Phi) is 3.47. The van der Waals surface area contributed by atoms with E-state index in [2.05, 4.69) is 9.47 Å². The second-order valence-corrected chi connectivity index (χ2v) is 5.67. The van der Waals surface area contributed by atoms with Gasteiger partial charge in [-0.1, -0.05) is 29.3 Å². The van der Waals surface area contributed by atoms with Gasteiger partial charge in [0.1, 0.15) is 5.84 Å². The van der Waals surface area contributed by atoms with Crippen molar-refractivity contribution < 1.29 is 18.3 Å². The highest BCUT2D eigenvalue weighted by Gasteiger charge is 2.45. The molecule has 0 spiro atoms. The highest BCUT2D eigenvalue weighted by Crippen LogP contribution is 2.45. The lowest BCUT2D eigenvalue weighted by molar-refractivity contribution is -0.286. The Morgan fingerprint density at radius 1 is 1.13 bits per heavy atom. The molecule has 0 atom stereocenters. The number of rotatable bonds is 3. The van der Waals surface area contributed by atoms with Crippen LogP contribution in [0.4, 0.5) is 8.78 Å². The number of fused-ring (bicyclic) bond motifs is 1. The van der Waals surface area contributed by atoms with Crippen LogP contribution in [-0.4, -0.2) is 12.1 Å². The number of ether oxygens (including phenoxy) is 2. The smallest absolute Gasteiger partial charge is 0.395 e. The summed E-state index contributed by atoms with van der Waals surface area (Å²) in [5.41, 5.74) is 9.45. The van der Waals surface area contributed by atoms with E-state index in [-0.39, 0.29) is 17.3 Å². The third-order valence-electron chi connectivity index (χ3n) is 3.63. The lowest BCUT2D eigenvalue weighted by Crippen LogP contribution is -2.26. The van der Waals surface area contributed by atoms with Gasteiger partial charge in [-0.15, -0.1) is 8.78 Å². The van der Waals surface area contributed by atoms with Crippen LogP contribution in [0.5, 0.6) is 11.5 Å². The Labute approximate surface area is 132 Å². The average Bonchev–Trinajstić information content (AvgIpc) is 2.72. The number of hydrogen-bond donors (Lipinski definition) is 2. The van der Waals surface area contributed by atoms with Gasteiger partial charge in [0.25, 0.3) is 0 Å². The molecule has 0 saturated carbocycles. The van der Waals surface area contributed by atoms with Crippen molar-refractivity contribution in [2.45, 2.75) is 26.6 Å². The van der Waals surface area contributed by atoms with Crippen LogP contribution in [0.1, 0.15) is 27.8 Å². The second-order valence-electron chi connectivity index (χ2n) is 5.67. The predicted molar refractivity (Wildman–Crippen MR) is 82.4 cm³/mol. The van der Waals surface area contributed by atoms with Gasteiger partial charge in [0.15, 0.2) is 11.5 Å². The molecule has 2 aromatic carbocycles. The highest BCUT2D eigenvalue weighted by atomic mass is 19.3. The first-order valence-electron chi connectivity index (χ1n) is 7.08. The van der Waals surface area contributed by atoms with Gasteiger partial charge in [-0.3, -0.25) is 5.41 Å². The first-order valence-corrected chi connectivity index (χ1v) is 7.08. The Morgan fingerprint density at radius 3 is 2.39 bits per heavy atom. The first-order chi connectivity index (χ1) is 10.7. The molecular formula is C17H16F2N2O2. The second kappa shape index (κ2) is 5.22. The van der Waals surface area contributed by atoms with Crippen LogP contribution in [0.15, 0.2) is 30.3 Å². The molecule has 0 bridgehead atoms. The van der Waals surface area contributed by atoms with Crippen molar-refractivity contribution in [3.05, 3.63) is 58.1 Å². The molecule has 2 aromatic rings. The van der Waals surface area contributed by atoms with E-state index in [0.717, 1.165) is 16.7 Å². The fourth-order valence-corrected chi connectivity index (χ4v) is 2.87. The number of nitrogens with one attached hydrogen (secondary N) is 1. The zero-order valence-corrected chi connectivity index (χ0v) is 12.7. The molecule has 1 aliphatic rings. The molecule has 0 radical (unpaired) electrons. The normalized spacial score (nSPS) is 14.8. The molecule has 0 saturated heterocycles.